The lowest BCUT2D eigenvalue weighted by Gasteiger charge is -2.25. The van der Waals surface area contributed by atoms with Crippen molar-refractivity contribution in [1.29, 1.82) is 0 Å². The highest BCUT2D eigenvalue weighted by Gasteiger charge is 2.18. The lowest BCUT2D eigenvalue weighted by atomic mass is 10.1. The Bertz CT molecular complexity index is 646. The van der Waals surface area contributed by atoms with Gasteiger partial charge < -0.3 is 9.64 Å². The monoisotopic (exact) mass is 318 g/mol. The number of nitrogens with zero attached hydrogens (tertiary/aromatic N) is 2. The van der Waals surface area contributed by atoms with Gasteiger partial charge in [0.15, 0.2) is 6.61 Å². The topological polar surface area (TPSA) is 42.4 Å². The summed E-state index contributed by atoms with van der Waals surface area (Å²) in [5.74, 6) is 0.575. The van der Waals surface area contributed by atoms with E-state index in [1.807, 2.05) is 32.0 Å². The quantitative estimate of drug-likeness (QED) is 0.845. The molecule has 0 spiro atoms. The minimum absolute atomic E-state index is 0.0103. The van der Waals surface area contributed by atoms with Crippen LogP contribution in [0.15, 0.2) is 42.7 Å². The van der Waals surface area contributed by atoms with Gasteiger partial charge >= 0.3 is 0 Å². The molecule has 1 aromatic carbocycles. The fourth-order valence-corrected chi connectivity index (χ4v) is 2.31. The fraction of sp³-hybridized carbons (Fsp3) is 0.294. The summed E-state index contributed by atoms with van der Waals surface area (Å²) in [5.41, 5.74) is 1.89. The first kappa shape index (κ1) is 16.3. The van der Waals surface area contributed by atoms with E-state index >= 15 is 0 Å². The van der Waals surface area contributed by atoms with Crippen molar-refractivity contribution in [1.82, 2.24) is 9.88 Å². The number of benzene rings is 1. The largest absolute Gasteiger partial charge is 0.483 e. The van der Waals surface area contributed by atoms with Crippen LogP contribution in [0, 0.1) is 6.92 Å². The van der Waals surface area contributed by atoms with Crippen molar-refractivity contribution in [2.24, 2.45) is 0 Å². The van der Waals surface area contributed by atoms with E-state index in [1.165, 1.54) is 0 Å². The molecule has 1 aromatic heterocycles. The SMILES string of the molecule is Cc1cc(Cl)ccc1OCC(=O)N(C)[C@@H](C)c1cccnc1. The summed E-state index contributed by atoms with van der Waals surface area (Å²) in [7, 11) is 1.76. The van der Waals surface area contributed by atoms with Crippen LogP contribution in [0.5, 0.6) is 5.75 Å². The number of hydrogen-bond acceptors (Lipinski definition) is 3. The number of carbonyl (C=O) groups excluding carboxylic acids is 1. The molecule has 2 aromatic rings. The van der Waals surface area contributed by atoms with Crippen molar-refractivity contribution >= 4 is 17.5 Å². The molecule has 0 N–H and O–H groups in total. The summed E-state index contributed by atoms with van der Waals surface area (Å²) in [5, 5.41) is 0.651. The molecular formula is C17H19ClN2O2. The molecule has 0 aliphatic heterocycles. The molecule has 5 heteroatoms. The molecule has 0 aliphatic rings. The molecule has 1 heterocycles. The third-order valence-electron chi connectivity index (χ3n) is 3.63. The molecule has 1 amide bonds. The zero-order chi connectivity index (χ0) is 16.1. The van der Waals surface area contributed by atoms with Gasteiger partial charge in [-0.25, -0.2) is 0 Å². The Morgan fingerprint density at radius 2 is 2.18 bits per heavy atom. The molecule has 0 fully saturated rings. The minimum atomic E-state index is -0.0919. The average molecular weight is 319 g/mol. The van der Waals surface area contributed by atoms with Gasteiger partial charge in [-0.05, 0) is 49.2 Å². The summed E-state index contributed by atoms with van der Waals surface area (Å²) in [6.07, 6.45) is 3.48. The van der Waals surface area contributed by atoms with Crippen molar-refractivity contribution in [3.63, 3.8) is 0 Å². The predicted octanol–water partition coefficient (Wildman–Crippen LogP) is 3.64. The zero-order valence-corrected chi connectivity index (χ0v) is 13.7. The number of halogens is 1. The van der Waals surface area contributed by atoms with Crippen molar-refractivity contribution in [3.8, 4) is 5.75 Å². The number of aryl methyl sites for hydroxylation is 1. The number of rotatable bonds is 5. The maximum Gasteiger partial charge on any atom is 0.260 e. The summed E-state index contributed by atoms with van der Waals surface area (Å²) in [6.45, 7) is 3.85. The first-order valence-electron chi connectivity index (χ1n) is 7.03. The molecule has 4 nitrogen and oxygen atoms in total. The lowest BCUT2D eigenvalue weighted by Crippen LogP contribution is -2.33. The van der Waals surface area contributed by atoms with Crippen molar-refractivity contribution in [2.75, 3.05) is 13.7 Å². The summed E-state index contributed by atoms with van der Waals surface area (Å²) in [6, 6.07) is 9.08. The van der Waals surface area contributed by atoms with Gasteiger partial charge in [-0.2, -0.15) is 0 Å². The Morgan fingerprint density at radius 1 is 1.41 bits per heavy atom. The van der Waals surface area contributed by atoms with E-state index in [0.717, 1.165) is 11.1 Å². The first-order valence-corrected chi connectivity index (χ1v) is 7.41. The van der Waals surface area contributed by atoms with E-state index < -0.39 is 0 Å². The van der Waals surface area contributed by atoms with Crippen LogP contribution in [-0.4, -0.2) is 29.4 Å². The van der Waals surface area contributed by atoms with Gasteiger partial charge in [-0.15, -0.1) is 0 Å². The third kappa shape index (κ3) is 3.98. The normalized spacial score (nSPS) is 11.8. The Morgan fingerprint density at radius 3 is 2.82 bits per heavy atom. The number of likely N-dealkylation sites (N-methyl/N-ethyl adjacent to an activating group) is 1. The zero-order valence-electron chi connectivity index (χ0n) is 12.9. The first-order chi connectivity index (χ1) is 10.5. The summed E-state index contributed by atoms with van der Waals surface area (Å²) < 4.78 is 5.60. The lowest BCUT2D eigenvalue weighted by molar-refractivity contribution is -0.134. The van der Waals surface area contributed by atoms with Gasteiger partial charge in [-0.1, -0.05) is 17.7 Å². The van der Waals surface area contributed by atoms with Crippen molar-refractivity contribution < 1.29 is 9.53 Å². The van der Waals surface area contributed by atoms with E-state index in [4.69, 9.17) is 16.3 Å². The predicted molar refractivity (Wildman–Crippen MR) is 87.1 cm³/mol. The molecule has 22 heavy (non-hydrogen) atoms. The van der Waals surface area contributed by atoms with Gasteiger partial charge in [-0.3, -0.25) is 9.78 Å². The van der Waals surface area contributed by atoms with Gasteiger partial charge in [0, 0.05) is 24.5 Å². The molecule has 0 aliphatic carbocycles. The van der Waals surface area contributed by atoms with Gasteiger partial charge in [0.05, 0.1) is 6.04 Å². The second-order valence-electron chi connectivity index (χ2n) is 5.17. The van der Waals surface area contributed by atoms with Crippen LogP contribution in [-0.2, 0) is 4.79 Å². The van der Waals surface area contributed by atoms with Crippen LogP contribution in [0.25, 0.3) is 0 Å². The van der Waals surface area contributed by atoms with Crippen LogP contribution in [0.4, 0.5) is 0 Å². The Labute approximate surface area is 135 Å². The molecule has 0 unspecified atom stereocenters. The van der Waals surface area contributed by atoms with E-state index in [1.54, 1.807) is 36.5 Å². The second-order valence-corrected chi connectivity index (χ2v) is 5.60. The van der Waals surface area contributed by atoms with Crippen LogP contribution >= 0.6 is 11.6 Å². The average Bonchev–Trinajstić information content (AvgIpc) is 2.53. The van der Waals surface area contributed by atoms with Gasteiger partial charge in [0.1, 0.15) is 5.75 Å². The summed E-state index contributed by atoms with van der Waals surface area (Å²) in [4.78, 5) is 18.0. The third-order valence-corrected chi connectivity index (χ3v) is 3.86. The molecule has 0 radical (unpaired) electrons. The van der Waals surface area contributed by atoms with Gasteiger partial charge in [0.2, 0.25) is 0 Å². The van der Waals surface area contributed by atoms with Crippen molar-refractivity contribution in [2.45, 2.75) is 19.9 Å². The number of carbonyl (C=O) groups is 1. The van der Waals surface area contributed by atoms with E-state index in [9.17, 15) is 4.79 Å². The molecular weight excluding hydrogens is 300 g/mol. The molecule has 116 valence electrons. The Balaban J connectivity index is 1.97. The van der Waals surface area contributed by atoms with Crippen LogP contribution in [0.3, 0.4) is 0 Å². The van der Waals surface area contributed by atoms with Crippen LogP contribution < -0.4 is 4.74 Å². The number of pyridine rings is 1. The minimum Gasteiger partial charge on any atom is -0.483 e. The number of amides is 1. The highest BCUT2D eigenvalue weighted by atomic mass is 35.5. The number of ether oxygens (including phenoxy) is 1. The Hall–Kier alpha value is -2.07. The van der Waals surface area contributed by atoms with Crippen LogP contribution in [0.1, 0.15) is 24.1 Å². The van der Waals surface area contributed by atoms with Crippen LogP contribution in [0.2, 0.25) is 5.02 Å². The smallest absolute Gasteiger partial charge is 0.260 e. The molecule has 0 bridgehead atoms. The highest BCUT2D eigenvalue weighted by Crippen LogP contribution is 2.22. The second kappa shape index (κ2) is 7.27. The standard InChI is InChI=1S/C17H19ClN2O2/c1-12-9-15(18)6-7-16(12)22-11-17(21)20(3)13(2)14-5-4-8-19-10-14/h4-10,13H,11H2,1-3H3/t13-/m0/s1. The van der Waals surface area contributed by atoms with E-state index in [2.05, 4.69) is 4.98 Å². The molecule has 1 atom stereocenters. The molecule has 2 rings (SSSR count). The van der Waals surface area contributed by atoms with E-state index in [0.29, 0.717) is 10.8 Å². The Kier molecular flexibility index (Phi) is 5.39. The maximum atomic E-state index is 12.3. The fourth-order valence-electron chi connectivity index (χ4n) is 2.08. The van der Waals surface area contributed by atoms with Crippen molar-refractivity contribution in [3.05, 3.63) is 58.9 Å². The number of hydrogen-bond donors (Lipinski definition) is 0. The summed E-state index contributed by atoms with van der Waals surface area (Å²) >= 11 is 5.90. The molecule has 0 saturated carbocycles. The maximum absolute atomic E-state index is 12.3. The number of aromatic nitrogens is 1. The molecule has 0 saturated heterocycles. The van der Waals surface area contributed by atoms with E-state index in [-0.39, 0.29) is 18.6 Å². The highest BCUT2D eigenvalue weighted by molar-refractivity contribution is 6.30. The van der Waals surface area contributed by atoms with Gasteiger partial charge in [0.25, 0.3) is 5.91 Å².